The van der Waals surface area contributed by atoms with E-state index >= 15 is 0 Å². The molecule has 0 saturated carbocycles. The normalized spacial score (nSPS) is 15.1. The van der Waals surface area contributed by atoms with Gasteiger partial charge < -0.3 is 19.7 Å². The van der Waals surface area contributed by atoms with E-state index in [4.69, 9.17) is 16.3 Å². The third kappa shape index (κ3) is 7.36. The highest BCUT2D eigenvalue weighted by molar-refractivity contribution is 6.30. The molecule has 4 rings (SSSR count). The van der Waals surface area contributed by atoms with Crippen LogP contribution in [0.1, 0.15) is 30.1 Å². The first-order chi connectivity index (χ1) is 17.8. The fraction of sp³-hybridized carbons (Fsp3) is 0.333. The minimum Gasteiger partial charge on any atom is -0.488 e. The molecule has 1 aliphatic rings. The number of hydrogen-bond acceptors (Lipinski definition) is 5. The Kier molecular flexibility index (Phi) is 8.89. The van der Waals surface area contributed by atoms with Crippen molar-refractivity contribution in [1.82, 2.24) is 15.2 Å². The summed E-state index contributed by atoms with van der Waals surface area (Å²) in [4.78, 5) is 20.1. The average molecular weight is 534 g/mol. The number of nitrogens with one attached hydrogen (secondary N) is 1. The number of halogens is 4. The van der Waals surface area contributed by atoms with Gasteiger partial charge in [-0.1, -0.05) is 41.9 Å². The number of carbonyl (C=O) groups is 1. The number of alkyl halides is 3. The third-order valence-corrected chi connectivity index (χ3v) is 6.35. The van der Waals surface area contributed by atoms with Crippen molar-refractivity contribution < 1.29 is 27.4 Å². The lowest BCUT2D eigenvalue weighted by Gasteiger charge is -2.35. The first kappa shape index (κ1) is 26.8. The fourth-order valence-electron chi connectivity index (χ4n) is 4.40. The minimum atomic E-state index is -4.85. The molecule has 0 unspecified atom stereocenters. The number of aromatic nitrogens is 1. The molecule has 1 N–H and O–H groups in total. The number of amides is 1. The van der Waals surface area contributed by atoms with Crippen LogP contribution in [0, 0.1) is 5.92 Å². The van der Waals surface area contributed by atoms with Gasteiger partial charge in [0.2, 0.25) is 5.91 Å². The van der Waals surface area contributed by atoms with Gasteiger partial charge in [-0.25, -0.2) is 0 Å². The second kappa shape index (κ2) is 12.3. The quantitative estimate of drug-likeness (QED) is 0.386. The molecular weight excluding hydrogens is 507 g/mol. The average Bonchev–Trinajstić information content (AvgIpc) is 2.90. The molecule has 1 aromatic heterocycles. The molecular formula is C27H27ClF3N3O3. The number of ether oxygens (including phenoxy) is 2. The summed E-state index contributed by atoms with van der Waals surface area (Å²) in [7, 11) is 0. The van der Waals surface area contributed by atoms with Crippen LogP contribution in [0.4, 0.5) is 13.2 Å². The monoisotopic (exact) mass is 533 g/mol. The first-order valence-corrected chi connectivity index (χ1v) is 12.3. The van der Waals surface area contributed by atoms with Crippen LogP contribution >= 0.6 is 11.6 Å². The predicted molar refractivity (Wildman–Crippen MR) is 133 cm³/mol. The van der Waals surface area contributed by atoms with E-state index in [9.17, 15) is 18.0 Å². The summed E-state index contributed by atoms with van der Waals surface area (Å²) in [6, 6.07) is 17.7. The number of nitrogens with zero attached hydrogens (tertiary/aromatic N) is 2. The molecule has 2 aromatic carbocycles. The van der Waals surface area contributed by atoms with Gasteiger partial charge in [0, 0.05) is 17.1 Å². The van der Waals surface area contributed by atoms with Crippen molar-refractivity contribution in [2.75, 3.05) is 26.2 Å². The van der Waals surface area contributed by atoms with Crippen molar-refractivity contribution in [2.24, 2.45) is 5.92 Å². The largest absolute Gasteiger partial charge is 0.573 e. The zero-order valence-electron chi connectivity index (χ0n) is 20.0. The number of para-hydroxylation sites is 2. The smallest absolute Gasteiger partial charge is 0.488 e. The molecule has 1 atom stereocenters. The van der Waals surface area contributed by atoms with Crippen molar-refractivity contribution >= 4 is 17.5 Å². The highest BCUT2D eigenvalue weighted by atomic mass is 35.5. The maximum absolute atomic E-state index is 13.9. The standard InChI is InChI=1S/C27H27ClF3N3O3/c28-21-10-8-19(9-11-21)25(22-5-3-4-14-33-22)34(26(35)20-12-15-32-16-13-20)17-18-36-23-6-1-2-7-24(23)37-27(29,30)31/h1-11,14,20,25,32H,12-13,15-18H2/t25-/m0/s1. The highest BCUT2D eigenvalue weighted by Gasteiger charge is 2.34. The van der Waals surface area contributed by atoms with E-state index in [0.29, 0.717) is 23.6 Å². The van der Waals surface area contributed by atoms with Gasteiger partial charge in [-0.05, 0) is 67.9 Å². The molecule has 3 aromatic rings. The lowest BCUT2D eigenvalue weighted by atomic mass is 9.93. The summed E-state index contributed by atoms with van der Waals surface area (Å²) < 4.78 is 48.3. The second-order valence-corrected chi connectivity index (χ2v) is 9.04. The van der Waals surface area contributed by atoms with Gasteiger partial charge in [0.15, 0.2) is 11.5 Å². The zero-order valence-corrected chi connectivity index (χ0v) is 20.7. The molecule has 1 saturated heterocycles. The number of pyridine rings is 1. The number of hydrogen-bond donors (Lipinski definition) is 1. The van der Waals surface area contributed by atoms with E-state index in [2.05, 4.69) is 15.0 Å². The number of carbonyl (C=O) groups excluding carboxylic acids is 1. The summed E-state index contributed by atoms with van der Waals surface area (Å²) >= 11 is 6.12. The summed E-state index contributed by atoms with van der Waals surface area (Å²) in [6.45, 7) is 1.54. The Hall–Kier alpha value is -3.30. The van der Waals surface area contributed by atoms with Gasteiger partial charge in [0.05, 0.1) is 18.3 Å². The Morgan fingerprint density at radius 2 is 1.70 bits per heavy atom. The molecule has 1 amide bonds. The molecule has 0 bridgehead atoms. The van der Waals surface area contributed by atoms with Crippen LogP contribution in [0.3, 0.4) is 0 Å². The van der Waals surface area contributed by atoms with Crippen LogP contribution in [-0.4, -0.2) is 48.4 Å². The molecule has 196 valence electrons. The minimum absolute atomic E-state index is 0.0497. The van der Waals surface area contributed by atoms with Crippen LogP contribution in [0.5, 0.6) is 11.5 Å². The second-order valence-electron chi connectivity index (χ2n) is 8.61. The maximum atomic E-state index is 13.9. The summed E-state index contributed by atoms with van der Waals surface area (Å²) in [5, 5.41) is 3.83. The van der Waals surface area contributed by atoms with E-state index in [1.54, 1.807) is 35.4 Å². The van der Waals surface area contributed by atoms with E-state index in [-0.39, 0.29) is 30.7 Å². The third-order valence-electron chi connectivity index (χ3n) is 6.10. The van der Waals surface area contributed by atoms with Gasteiger partial charge in [-0.15, -0.1) is 13.2 Å². The van der Waals surface area contributed by atoms with Crippen LogP contribution in [0.25, 0.3) is 0 Å². The Morgan fingerprint density at radius 1 is 1.03 bits per heavy atom. The Labute approximate surface area is 218 Å². The van der Waals surface area contributed by atoms with E-state index in [1.165, 1.54) is 18.2 Å². The van der Waals surface area contributed by atoms with Crippen LogP contribution in [0.2, 0.25) is 5.02 Å². The summed E-state index contributed by atoms with van der Waals surface area (Å²) in [5.41, 5.74) is 1.47. The number of benzene rings is 2. The van der Waals surface area contributed by atoms with Crippen molar-refractivity contribution in [2.45, 2.75) is 25.2 Å². The van der Waals surface area contributed by atoms with Gasteiger partial charge in [-0.2, -0.15) is 0 Å². The topological polar surface area (TPSA) is 63.7 Å². The fourth-order valence-corrected chi connectivity index (χ4v) is 4.52. The molecule has 0 spiro atoms. The van der Waals surface area contributed by atoms with Crippen molar-refractivity contribution in [3.8, 4) is 11.5 Å². The maximum Gasteiger partial charge on any atom is 0.573 e. The Morgan fingerprint density at radius 3 is 2.35 bits per heavy atom. The van der Waals surface area contributed by atoms with Crippen LogP contribution in [0.15, 0.2) is 72.9 Å². The molecule has 2 heterocycles. The Bertz CT molecular complexity index is 1160. The highest BCUT2D eigenvalue weighted by Crippen LogP contribution is 2.33. The van der Waals surface area contributed by atoms with Crippen molar-refractivity contribution in [3.05, 3.63) is 89.2 Å². The molecule has 10 heteroatoms. The molecule has 0 aliphatic carbocycles. The van der Waals surface area contributed by atoms with E-state index < -0.39 is 18.2 Å². The van der Waals surface area contributed by atoms with Gasteiger partial charge in [-0.3, -0.25) is 9.78 Å². The Balaban J connectivity index is 1.63. The molecule has 1 fully saturated rings. The van der Waals surface area contributed by atoms with Gasteiger partial charge in [0.1, 0.15) is 6.61 Å². The lowest BCUT2D eigenvalue weighted by Crippen LogP contribution is -2.45. The van der Waals surface area contributed by atoms with Crippen LogP contribution in [-0.2, 0) is 4.79 Å². The number of rotatable bonds is 9. The van der Waals surface area contributed by atoms with E-state index in [0.717, 1.165) is 18.7 Å². The lowest BCUT2D eigenvalue weighted by molar-refractivity contribution is -0.275. The SMILES string of the molecule is O=C(C1CCNCC1)N(CCOc1ccccc1OC(F)(F)F)[C@@H](c1ccc(Cl)cc1)c1ccccn1. The molecule has 1 aliphatic heterocycles. The first-order valence-electron chi connectivity index (χ1n) is 12.0. The van der Waals surface area contributed by atoms with Crippen LogP contribution < -0.4 is 14.8 Å². The van der Waals surface area contributed by atoms with Crippen molar-refractivity contribution in [1.29, 1.82) is 0 Å². The zero-order chi connectivity index (χ0) is 26.3. The van der Waals surface area contributed by atoms with Gasteiger partial charge in [0.25, 0.3) is 0 Å². The molecule has 6 nitrogen and oxygen atoms in total. The van der Waals surface area contributed by atoms with Crippen molar-refractivity contribution in [3.63, 3.8) is 0 Å². The van der Waals surface area contributed by atoms with Gasteiger partial charge >= 0.3 is 6.36 Å². The number of piperidine rings is 1. The summed E-state index contributed by atoms with van der Waals surface area (Å²) in [6.07, 6.45) is -1.82. The molecule has 37 heavy (non-hydrogen) atoms. The predicted octanol–water partition coefficient (Wildman–Crippen LogP) is 5.63. The molecule has 0 radical (unpaired) electrons. The van der Waals surface area contributed by atoms with E-state index in [1.807, 2.05) is 24.3 Å². The summed E-state index contributed by atoms with van der Waals surface area (Å²) in [5.74, 6) is -0.753.